The van der Waals surface area contributed by atoms with E-state index < -0.39 is 23.6 Å². The number of carbonyl (C=O) groups is 1. The van der Waals surface area contributed by atoms with Crippen LogP contribution in [0.5, 0.6) is 0 Å². The van der Waals surface area contributed by atoms with Crippen molar-refractivity contribution >= 4 is 18.6 Å². The Morgan fingerprint density at radius 2 is 1.79 bits per heavy atom. The third-order valence-electron chi connectivity index (χ3n) is 3.30. The van der Waals surface area contributed by atoms with Gasteiger partial charge in [0.1, 0.15) is 6.10 Å². The van der Waals surface area contributed by atoms with Crippen LogP contribution in [-0.4, -0.2) is 33.1 Å². The molecule has 0 radical (unpaired) electrons. The number of hydrogen-bond acceptors (Lipinski definition) is 4. The number of carboxylic acid groups (broad SMARTS) is 1. The van der Waals surface area contributed by atoms with Crippen LogP contribution in [0, 0.1) is 0 Å². The third-order valence-corrected chi connectivity index (χ3v) is 3.56. The van der Waals surface area contributed by atoms with Gasteiger partial charge in [0, 0.05) is 0 Å². The van der Waals surface area contributed by atoms with Crippen molar-refractivity contribution in [1.82, 2.24) is 0 Å². The summed E-state index contributed by atoms with van der Waals surface area (Å²) in [4.78, 5) is 11.1. The van der Waals surface area contributed by atoms with Gasteiger partial charge >= 0.3 is 5.97 Å². The molecule has 19 heavy (non-hydrogen) atoms. The van der Waals surface area contributed by atoms with Gasteiger partial charge in [0.2, 0.25) is 0 Å². The molecule has 0 heterocycles. The Labute approximate surface area is 118 Å². The first-order chi connectivity index (χ1) is 8.80. The number of aliphatic hydroxyl groups is 2. The van der Waals surface area contributed by atoms with Gasteiger partial charge in [0.15, 0.2) is 0 Å². The zero-order chi connectivity index (χ0) is 14.6. The van der Waals surface area contributed by atoms with E-state index in [9.17, 15) is 15.0 Å². The molecule has 5 heteroatoms. The summed E-state index contributed by atoms with van der Waals surface area (Å²) in [7, 11) is 0. The molecule has 106 valence electrons. The SMILES string of the molecule is CC(C)(C(=O)O)c1ccc(C(O)C(O)CCS)cc1. The molecule has 0 aliphatic carbocycles. The molecule has 0 saturated heterocycles. The van der Waals surface area contributed by atoms with Crippen LogP contribution in [0.15, 0.2) is 24.3 Å². The van der Waals surface area contributed by atoms with Gasteiger partial charge in [0.25, 0.3) is 0 Å². The zero-order valence-electron chi connectivity index (χ0n) is 11.1. The molecule has 2 unspecified atom stereocenters. The Hall–Kier alpha value is -1.04. The fourth-order valence-electron chi connectivity index (χ4n) is 1.73. The number of rotatable bonds is 6. The molecule has 0 aromatic heterocycles. The van der Waals surface area contributed by atoms with Crippen molar-refractivity contribution in [3.05, 3.63) is 35.4 Å². The van der Waals surface area contributed by atoms with Crippen molar-refractivity contribution in [3.8, 4) is 0 Å². The fraction of sp³-hybridized carbons (Fsp3) is 0.500. The number of carboxylic acids is 1. The lowest BCUT2D eigenvalue weighted by atomic mass is 9.84. The van der Waals surface area contributed by atoms with E-state index >= 15 is 0 Å². The standard InChI is InChI=1S/C14H20O4S/c1-14(2,13(17)18)10-5-3-9(4-6-10)12(16)11(15)7-8-19/h3-6,11-12,15-16,19H,7-8H2,1-2H3,(H,17,18). The second kappa shape index (κ2) is 6.41. The van der Waals surface area contributed by atoms with Gasteiger partial charge in [-0.1, -0.05) is 24.3 Å². The fourth-order valence-corrected chi connectivity index (χ4v) is 2.00. The molecule has 1 aromatic rings. The molecule has 1 rings (SSSR count). The van der Waals surface area contributed by atoms with E-state index in [1.165, 1.54) is 0 Å². The Morgan fingerprint density at radius 3 is 2.21 bits per heavy atom. The minimum Gasteiger partial charge on any atom is -0.481 e. The van der Waals surface area contributed by atoms with Crippen LogP contribution in [0.3, 0.4) is 0 Å². The highest BCUT2D eigenvalue weighted by Gasteiger charge is 2.29. The molecule has 0 fully saturated rings. The van der Waals surface area contributed by atoms with Crippen molar-refractivity contribution in [2.45, 2.75) is 37.9 Å². The molecule has 0 bridgehead atoms. The lowest BCUT2D eigenvalue weighted by Crippen LogP contribution is -2.28. The highest BCUT2D eigenvalue weighted by atomic mass is 32.1. The normalized spacial score (nSPS) is 15.0. The van der Waals surface area contributed by atoms with E-state index in [2.05, 4.69) is 12.6 Å². The van der Waals surface area contributed by atoms with Crippen LogP contribution in [0.1, 0.15) is 37.5 Å². The summed E-state index contributed by atoms with van der Waals surface area (Å²) in [5, 5.41) is 28.8. The van der Waals surface area contributed by atoms with Crippen LogP contribution in [0.4, 0.5) is 0 Å². The lowest BCUT2D eigenvalue weighted by Gasteiger charge is -2.22. The van der Waals surface area contributed by atoms with Crippen molar-refractivity contribution in [1.29, 1.82) is 0 Å². The molecule has 0 amide bonds. The Bertz CT molecular complexity index is 428. The van der Waals surface area contributed by atoms with Crippen molar-refractivity contribution < 1.29 is 20.1 Å². The maximum Gasteiger partial charge on any atom is 0.313 e. The summed E-state index contributed by atoms with van der Waals surface area (Å²) >= 11 is 4.01. The molecule has 3 N–H and O–H groups in total. The van der Waals surface area contributed by atoms with Crippen LogP contribution in [0.25, 0.3) is 0 Å². The lowest BCUT2D eigenvalue weighted by molar-refractivity contribution is -0.142. The largest absolute Gasteiger partial charge is 0.481 e. The first-order valence-corrected chi connectivity index (χ1v) is 6.74. The Balaban J connectivity index is 2.91. The van der Waals surface area contributed by atoms with E-state index in [4.69, 9.17) is 5.11 Å². The average molecular weight is 284 g/mol. The van der Waals surface area contributed by atoms with E-state index in [1.54, 1.807) is 38.1 Å². The summed E-state index contributed by atoms with van der Waals surface area (Å²) in [6, 6.07) is 6.62. The molecular weight excluding hydrogens is 264 g/mol. The Morgan fingerprint density at radius 1 is 1.26 bits per heavy atom. The van der Waals surface area contributed by atoms with E-state index in [1.807, 2.05) is 0 Å². The van der Waals surface area contributed by atoms with E-state index in [0.29, 0.717) is 23.3 Å². The molecule has 0 aliphatic rings. The minimum absolute atomic E-state index is 0.395. The second-order valence-corrected chi connectivity index (χ2v) is 5.52. The summed E-state index contributed by atoms with van der Waals surface area (Å²) in [5.41, 5.74) is 0.242. The van der Waals surface area contributed by atoms with Crippen molar-refractivity contribution in [2.75, 3.05) is 5.75 Å². The zero-order valence-corrected chi connectivity index (χ0v) is 12.0. The quantitative estimate of drug-likeness (QED) is 0.600. The monoisotopic (exact) mass is 284 g/mol. The molecule has 2 atom stereocenters. The second-order valence-electron chi connectivity index (χ2n) is 5.08. The third kappa shape index (κ3) is 3.72. The van der Waals surface area contributed by atoms with Gasteiger partial charge in [-0.3, -0.25) is 4.79 Å². The molecule has 4 nitrogen and oxygen atoms in total. The van der Waals surface area contributed by atoms with Crippen molar-refractivity contribution in [3.63, 3.8) is 0 Å². The van der Waals surface area contributed by atoms with Crippen LogP contribution < -0.4 is 0 Å². The highest BCUT2D eigenvalue weighted by molar-refractivity contribution is 7.80. The van der Waals surface area contributed by atoms with E-state index in [-0.39, 0.29) is 0 Å². The summed E-state index contributed by atoms with van der Waals surface area (Å²) < 4.78 is 0. The average Bonchev–Trinajstić information content (AvgIpc) is 2.38. The number of benzene rings is 1. The smallest absolute Gasteiger partial charge is 0.313 e. The molecule has 0 spiro atoms. The van der Waals surface area contributed by atoms with Gasteiger partial charge in [-0.05, 0) is 37.1 Å². The maximum absolute atomic E-state index is 11.1. The molecular formula is C14H20O4S. The van der Waals surface area contributed by atoms with Gasteiger partial charge in [0.05, 0.1) is 11.5 Å². The number of thiol groups is 1. The topological polar surface area (TPSA) is 77.8 Å². The van der Waals surface area contributed by atoms with Crippen LogP contribution >= 0.6 is 12.6 Å². The molecule has 1 aromatic carbocycles. The summed E-state index contributed by atoms with van der Waals surface area (Å²) in [5.74, 6) is -0.418. The predicted molar refractivity (Wildman–Crippen MR) is 76.5 cm³/mol. The van der Waals surface area contributed by atoms with Gasteiger partial charge in [-0.15, -0.1) is 0 Å². The van der Waals surface area contributed by atoms with Crippen LogP contribution in [0.2, 0.25) is 0 Å². The summed E-state index contributed by atoms with van der Waals surface area (Å²) in [6.45, 7) is 3.24. The first-order valence-electron chi connectivity index (χ1n) is 6.11. The predicted octanol–water partition coefficient (Wildman–Crippen LogP) is 1.76. The highest BCUT2D eigenvalue weighted by Crippen LogP contribution is 2.26. The van der Waals surface area contributed by atoms with Gasteiger partial charge in [-0.2, -0.15) is 12.6 Å². The van der Waals surface area contributed by atoms with Crippen molar-refractivity contribution in [2.24, 2.45) is 0 Å². The molecule has 0 saturated carbocycles. The maximum atomic E-state index is 11.1. The summed E-state index contributed by atoms with van der Waals surface area (Å²) in [6.07, 6.45) is -1.45. The van der Waals surface area contributed by atoms with Gasteiger partial charge in [-0.25, -0.2) is 0 Å². The first kappa shape index (κ1) is 16.0. The van der Waals surface area contributed by atoms with Crippen LogP contribution in [-0.2, 0) is 10.2 Å². The van der Waals surface area contributed by atoms with E-state index in [0.717, 1.165) is 0 Å². The number of aliphatic hydroxyl groups excluding tert-OH is 2. The Kier molecular flexibility index (Phi) is 5.40. The molecule has 0 aliphatic heterocycles. The minimum atomic E-state index is -0.979. The van der Waals surface area contributed by atoms with Gasteiger partial charge < -0.3 is 15.3 Å². The number of hydrogen-bond donors (Lipinski definition) is 4. The number of aliphatic carboxylic acids is 1.